The summed E-state index contributed by atoms with van der Waals surface area (Å²) < 4.78 is 5.48. The molecular formula is C12H16N2O. The van der Waals surface area contributed by atoms with Gasteiger partial charge in [-0.1, -0.05) is 12.1 Å². The third-order valence-corrected chi connectivity index (χ3v) is 3.42. The molecule has 3 nitrogen and oxygen atoms in total. The molecule has 1 fully saturated rings. The van der Waals surface area contributed by atoms with Crippen LogP contribution in [-0.4, -0.2) is 19.7 Å². The first-order valence-electron chi connectivity index (χ1n) is 5.56. The summed E-state index contributed by atoms with van der Waals surface area (Å²) in [5.41, 5.74) is 8.78. The molecule has 2 aliphatic heterocycles. The van der Waals surface area contributed by atoms with Crippen molar-refractivity contribution >= 4 is 0 Å². The molecule has 1 unspecified atom stereocenters. The van der Waals surface area contributed by atoms with Crippen molar-refractivity contribution in [3.8, 4) is 5.75 Å². The minimum Gasteiger partial charge on any atom is -0.493 e. The predicted molar refractivity (Wildman–Crippen MR) is 58.9 cm³/mol. The second-order valence-electron chi connectivity index (χ2n) is 4.41. The molecule has 0 radical (unpaired) electrons. The van der Waals surface area contributed by atoms with E-state index in [0.717, 1.165) is 31.9 Å². The smallest absolute Gasteiger partial charge is 0.122 e. The Morgan fingerprint density at radius 1 is 1.40 bits per heavy atom. The van der Waals surface area contributed by atoms with E-state index in [9.17, 15) is 0 Å². The first-order chi connectivity index (χ1) is 7.34. The number of hydrogen-bond donors (Lipinski definition) is 2. The first kappa shape index (κ1) is 9.19. The maximum atomic E-state index is 6.21. The first-order valence-corrected chi connectivity index (χ1v) is 5.56. The van der Waals surface area contributed by atoms with E-state index in [1.54, 1.807) is 0 Å². The van der Waals surface area contributed by atoms with Crippen molar-refractivity contribution in [1.29, 1.82) is 0 Å². The Morgan fingerprint density at radius 3 is 3.00 bits per heavy atom. The lowest BCUT2D eigenvalue weighted by molar-refractivity contribution is 0.295. The van der Waals surface area contributed by atoms with Gasteiger partial charge in [-0.3, -0.25) is 0 Å². The van der Waals surface area contributed by atoms with E-state index in [-0.39, 0.29) is 6.04 Å². The quantitative estimate of drug-likeness (QED) is 0.750. The van der Waals surface area contributed by atoms with Crippen molar-refractivity contribution in [2.24, 2.45) is 11.7 Å². The summed E-state index contributed by atoms with van der Waals surface area (Å²) in [6.45, 7) is 2.92. The minimum atomic E-state index is 0.178. The topological polar surface area (TPSA) is 47.3 Å². The largest absolute Gasteiger partial charge is 0.493 e. The van der Waals surface area contributed by atoms with Gasteiger partial charge in [-0.25, -0.2) is 0 Å². The number of nitrogens with one attached hydrogen (secondary N) is 1. The van der Waals surface area contributed by atoms with E-state index in [4.69, 9.17) is 10.5 Å². The fourth-order valence-electron chi connectivity index (χ4n) is 2.25. The van der Waals surface area contributed by atoms with Crippen LogP contribution in [0.15, 0.2) is 18.2 Å². The molecule has 2 aliphatic rings. The van der Waals surface area contributed by atoms with Crippen LogP contribution in [0, 0.1) is 5.92 Å². The highest BCUT2D eigenvalue weighted by Gasteiger charge is 2.26. The molecule has 0 spiro atoms. The summed E-state index contributed by atoms with van der Waals surface area (Å²) in [5.74, 6) is 1.64. The Hall–Kier alpha value is -1.06. The van der Waals surface area contributed by atoms with Crippen LogP contribution < -0.4 is 15.8 Å². The van der Waals surface area contributed by atoms with Gasteiger partial charge in [0.1, 0.15) is 5.75 Å². The molecule has 3 N–H and O–H groups in total. The van der Waals surface area contributed by atoms with Gasteiger partial charge in [0.05, 0.1) is 6.61 Å². The third kappa shape index (κ3) is 1.52. The second-order valence-corrected chi connectivity index (χ2v) is 4.41. The molecule has 1 saturated heterocycles. The summed E-state index contributed by atoms with van der Waals surface area (Å²) in [6, 6.07) is 6.55. The number of hydrogen-bond acceptors (Lipinski definition) is 3. The zero-order valence-corrected chi connectivity index (χ0v) is 8.70. The van der Waals surface area contributed by atoms with Crippen molar-refractivity contribution in [3.05, 3.63) is 29.3 Å². The van der Waals surface area contributed by atoms with Crippen LogP contribution >= 0.6 is 0 Å². The highest BCUT2D eigenvalue weighted by atomic mass is 16.5. The van der Waals surface area contributed by atoms with Gasteiger partial charge in [-0.15, -0.1) is 0 Å². The van der Waals surface area contributed by atoms with E-state index in [0.29, 0.717) is 5.92 Å². The molecule has 0 amide bonds. The normalized spacial score (nSPS) is 21.7. The van der Waals surface area contributed by atoms with Crippen molar-refractivity contribution in [2.75, 3.05) is 19.7 Å². The molecule has 0 saturated carbocycles. The Bertz CT molecular complexity index is 374. The van der Waals surface area contributed by atoms with Crippen LogP contribution in [0.5, 0.6) is 5.75 Å². The summed E-state index contributed by atoms with van der Waals surface area (Å²) in [6.07, 6.45) is 1.03. The molecule has 1 atom stereocenters. The summed E-state index contributed by atoms with van der Waals surface area (Å²) in [7, 11) is 0. The van der Waals surface area contributed by atoms with Crippen molar-refractivity contribution in [1.82, 2.24) is 5.32 Å². The van der Waals surface area contributed by atoms with Gasteiger partial charge >= 0.3 is 0 Å². The lowest BCUT2D eigenvalue weighted by Crippen LogP contribution is -2.47. The van der Waals surface area contributed by atoms with Gasteiger partial charge in [0.2, 0.25) is 0 Å². The molecule has 3 rings (SSSR count). The SMILES string of the molecule is NC(c1ccc2c(c1)CCO2)C1CNC1. The van der Waals surface area contributed by atoms with Crippen molar-refractivity contribution in [2.45, 2.75) is 12.5 Å². The summed E-state index contributed by atoms with van der Waals surface area (Å²) >= 11 is 0. The summed E-state index contributed by atoms with van der Waals surface area (Å²) in [4.78, 5) is 0. The Labute approximate surface area is 89.6 Å². The lowest BCUT2D eigenvalue weighted by atomic mass is 9.88. The van der Waals surface area contributed by atoms with Gasteiger partial charge in [0.15, 0.2) is 0 Å². The van der Waals surface area contributed by atoms with Crippen LogP contribution in [0.4, 0.5) is 0 Å². The zero-order valence-electron chi connectivity index (χ0n) is 8.70. The molecule has 3 heteroatoms. The predicted octanol–water partition coefficient (Wildman–Crippen LogP) is 0.841. The fraction of sp³-hybridized carbons (Fsp3) is 0.500. The number of ether oxygens (including phenoxy) is 1. The van der Waals surface area contributed by atoms with E-state index in [1.165, 1.54) is 11.1 Å². The Kier molecular flexibility index (Phi) is 2.15. The number of nitrogens with two attached hydrogens (primary N) is 1. The highest BCUT2D eigenvalue weighted by Crippen LogP contribution is 2.30. The molecular weight excluding hydrogens is 188 g/mol. The lowest BCUT2D eigenvalue weighted by Gasteiger charge is -2.32. The second kappa shape index (κ2) is 3.51. The van der Waals surface area contributed by atoms with Crippen LogP contribution in [0.1, 0.15) is 17.2 Å². The average Bonchev–Trinajstić information content (AvgIpc) is 2.61. The van der Waals surface area contributed by atoms with Gasteiger partial charge in [-0.2, -0.15) is 0 Å². The number of rotatable bonds is 2. The molecule has 15 heavy (non-hydrogen) atoms. The monoisotopic (exact) mass is 204 g/mol. The van der Waals surface area contributed by atoms with Gasteiger partial charge < -0.3 is 15.8 Å². The highest BCUT2D eigenvalue weighted by molar-refractivity contribution is 5.41. The van der Waals surface area contributed by atoms with Crippen LogP contribution in [0.3, 0.4) is 0 Å². The third-order valence-electron chi connectivity index (χ3n) is 3.42. The maximum Gasteiger partial charge on any atom is 0.122 e. The Balaban J connectivity index is 1.85. The van der Waals surface area contributed by atoms with Crippen molar-refractivity contribution < 1.29 is 4.74 Å². The molecule has 1 aromatic carbocycles. The molecule has 0 aliphatic carbocycles. The van der Waals surface area contributed by atoms with Crippen LogP contribution in [0.25, 0.3) is 0 Å². The standard InChI is InChI=1S/C12H16N2O/c13-12(10-6-14-7-10)9-1-2-11-8(5-9)3-4-15-11/h1-2,5,10,12,14H,3-4,6-7,13H2. The van der Waals surface area contributed by atoms with Gasteiger partial charge in [0, 0.05) is 31.5 Å². The molecule has 0 aromatic heterocycles. The zero-order chi connectivity index (χ0) is 10.3. The molecule has 2 heterocycles. The molecule has 0 bridgehead atoms. The van der Waals surface area contributed by atoms with E-state index < -0.39 is 0 Å². The average molecular weight is 204 g/mol. The van der Waals surface area contributed by atoms with Crippen LogP contribution in [-0.2, 0) is 6.42 Å². The van der Waals surface area contributed by atoms with E-state index >= 15 is 0 Å². The number of benzene rings is 1. The van der Waals surface area contributed by atoms with Gasteiger partial charge in [0.25, 0.3) is 0 Å². The van der Waals surface area contributed by atoms with Crippen molar-refractivity contribution in [3.63, 3.8) is 0 Å². The van der Waals surface area contributed by atoms with E-state index in [2.05, 4.69) is 23.5 Å². The van der Waals surface area contributed by atoms with E-state index in [1.807, 2.05) is 0 Å². The molecule has 1 aromatic rings. The van der Waals surface area contributed by atoms with Crippen LogP contribution in [0.2, 0.25) is 0 Å². The fourth-order valence-corrected chi connectivity index (χ4v) is 2.25. The summed E-state index contributed by atoms with van der Waals surface area (Å²) in [5, 5.41) is 3.26. The maximum absolute atomic E-state index is 6.21. The van der Waals surface area contributed by atoms with Gasteiger partial charge in [-0.05, 0) is 17.2 Å². The number of fused-ring (bicyclic) bond motifs is 1. The molecule has 80 valence electrons. The Morgan fingerprint density at radius 2 is 2.27 bits per heavy atom. The minimum absolute atomic E-state index is 0.178.